The Morgan fingerprint density at radius 2 is 1.79 bits per heavy atom. The summed E-state index contributed by atoms with van der Waals surface area (Å²) in [6.07, 6.45) is 3.11. The van der Waals surface area contributed by atoms with Gasteiger partial charge in [-0.25, -0.2) is 0 Å². The van der Waals surface area contributed by atoms with Gasteiger partial charge in [0.05, 0.1) is 6.54 Å². The van der Waals surface area contributed by atoms with Gasteiger partial charge in [0.1, 0.15) is 5.54 Å². The van der Waals surface area contributed by atoms with Crippen LogP contribution in [0.4, 0.5) is 0 Å². The molecule has 1 rings (SSSR count). The van der Waals surface area contributed by atoms with Gasteiger partial charge in [-0.15, -0.1) is 12.4 Å². The Morgan fingerprint density at radius 3 is 2.14 bits per heavy atom. The topological polar surface area (TPSA) is 98.2 Å². The fraction of sp³-hybridized carbons (Fsp3) is 0.750. The lowest BCUT2D eigenvalue weighted by Crippen LogP contribution is -2.56. The maximum Gasteiger partial charge on any atom is 0.243 e. The maximum absolute atomic E-state index is 11.1. The molecule has 0 radical (unpaired) electrons. The van der Waals surface area contributed by atoms with Gasteiger partial charge >= 0.3 is 0 Å². The van der Waals surface area contributed by atoms with Crippen LogP contribution in [0.2, 0.25) is 0 Å². The SMILES string of the molecule is Cl.NCC(=O)NC1(C(N)=O)CCCC1. The van der Waals surface area contributed by atoms with E-state index in [1.165, 1.54) is 0 Å². The summed E-state index contributed by atoms with van der Waals surface area (Å²) in [6, 6.07) is 0. The second-order valence-electron chi connectivity index (χ2n) is 3.41. The van der Waals surface area contributed by atoms with Crippen LogP contribution in [0.25, 0.3) is 0 Å². The lowest BCUT2D eigenvalue weighted by atomic mass is 9.97. The van der Waals surface area contributed by atoms with E-state index < -0.39 is 11.4 Å². The van der Waals surface area contributed by atoms with Crippen molar-refractivity contribution >= 4 is 24.2 Å². The fourth-order valence-electron chi connectivity index (χ4n) is 1.73. The van der Waals surface area contributed by atoms with Crippen LogP contribution in [0.5, 0.6) is 0 Å². The predicted octanol–water partition coefficient (Wildman–Crippen LogP) is -0.719. The number of hydrogen-bond acceptors (Lipinski definition) is 3. The Hall–Kier alpha value is -0.810. The summed E-state index contributed by atoms with van der Waals surface area (Å²) in [6.45, 7) is -0.102. The van der Waals surface area contributed by atoms with E-state index >= 15 is 0 Å². The number of carbonyl (C=O) groups is 2. The second-order valence-corrected chi connectivity index (χ2v) is 3.41. The van der Waals surface area contributed by atoms with Crippen LogP contribution in [0.3, 0.4) is 0 Å². The molecule has 0 atom stereocenters. The van der Waals surface area contributed by atoms with Crippen molar-refractivity contribution in [2.75, 3.05) is 6.54 Å². The van der Waals surface area contributed by atoms with Crippen molar-refractivity contribution in [1.82, 2.24) is 5.32 Å². The summed E-state index contributed by atoms with van der Waals surface area (Å²) in [5.41, 5.74) is 9.56. The van der Waals surface area contributed by atoms with Crippen molar-refractivity contribution in [1.29, 1.82) is 0 Å². The van der Waals surface area contributed by atoms with E-state index in [1.54, 1.807) is 0 Å². The summed E-state index contributed by atoms with van der Waals surface area (Å²) in [5.74, 6) is -0.771. The number of amides is 2. The molecule has 0 heterocycles. The second kappa shape index (κ2) is 5.17. The molecule has 5 nitrogen and oxygen atoms in total. The molecule has 5 N–H and O–H groups in total. The number of nitrogens with two attached hydrogens (primary N) is 2. The van der Waals surface area contributed by atoms with Crippen molar-refractivity contribution in [3.8, 4) is 0 Å². The molecule has 0 saturated heterocycles. The molecule has 0 aromatic carbocycles. The number of carbonyl (C=O) groups excluding carboxylic acids is 2. The van der Waals surface area contributed by atoms with Gasteiger partial charge in [0.2, 0.25) is 11.8 Å². The molecule has 0 aromatic heterocycles. The van der Waals surface area contributed by atoms with Crippen molar-refractivity contribution in [3.05, 3.63) is 0 Å². The van der Waals surface area contributed by atoms with E-state index in [1.807, 2.05) is 0 Å². The largest absolute Gasteiger partial charge is 0.368 e. The standard InChI is InChI=1S/C8H15N3O2.ClH/c9-5-6(12)11-8(7(10)13)3-1-2-4-8;/h1-5,9H2,(H2,10,13)(H,11,12);1H. The molecule has 0 aliphatic heterocycles. The average Bonchev–Trinajstić information content (AvgIpc) is 2.54. The van der Waals surface area contributed by atoms with E-state index in [4.69, 9.17) is 11.5 Å². The van der Waals surface area contributed by atoms with Crippen LogP contribution in [0, 0.1) is 0 Å². The lowest BCUT2D eigenvalue weighted by molar-refractivity contribution is -0.130. The molecule has 82 valence electrons. The summed E-state index contributed by atoms with van der Waals surface area (Å²) < 4.78 is 0. The van der Waals surface area contributed by atoms with E-state index in [0.717, 1.165) is 12.8 Å². The van der Waals surface area contributed by atoms with E-state index in [0.29, 0.717) is 12.8 Å². The summed E-state index contributed by atoms with van der Waals surface area (Å²) in [4.78, 5) is 22.2. The number of halogens is 1. The van der Waals surface area contributed by atoms with Gasteiger partial charge in [0.25, 0.3) is 0 Å². The third kappa shape index (κ3) is 2.59. The highest BCUT2D eigenvalue weighted by molar-refractivity contribution is 5.91. The molecule has 14 heavy (non-hydrogen) atoms. The number of nitrogens with one attached hydrogen (secondary N) is 1. The van der Waals surface area contributed by atoms with Gasteiger partial charge in [0.15, 0.2) is 0 Å². The zero-order chi connectivity index (χ0) is 9.90. The molecule has 1 saturated carbocycles. The van der Waals surface area contributed by atoms with Gasteiger partial charge in [-0.05, 0) is 12.8 Å². The van der Waals surface area contributed by atoms with Crippen molar-refractivity contribution in [2.45, 2.75) is 31.2 Å². The summed E-state index contributed by atoms with van der Waals surface area (Å²) >= 11 is 0. The quantitative estimate of drug-likeness (QED) is 0.587. The van der Waals surface area contributed by atoms with Crippen molar-refractivity contribution < 1.29 is 9.59 Å². The third-order valence-electron chi connectivity index (χ3n) is 2.49. The molecule has 0 spiro atoms. The van der Waals surface area contributed by atoms with Gasteiger partial charge in [-0.1, -0.05) is 12.8 Å². The van der Waals surface area contributed by atoms with Crippen LogP contribution in [-0.2, 0) is 9.59 Å². The smallest absolute Gasteiger partial charge is 0.243 e. The zero-order valence-electron chi connectivity index (χ0n) is 7.91. The molecule has 1 aliphatic rings. The Kier molecular flexibility index (Phi) is 4.87. The van der Waals surface area contributed by atoms with Crippen LogP contribution in [0.1, 0.15) is 25.7 Å². The predicted molar refractivity (Wildman–Crippen MR) is 54.8 cm³/mol. The first-order valence-corrected chi connectivity index (χ1v) is 4.42. The molecule has 1 fully saturated rings. The number of hydrogen-bond donors (Lipinski definition) is 3. The molecule has 0 aromatic rings. The Balaban J connectivity index is 0.00000169. The molecular weight excluding hydrogens is 206 g/mol. The molecule has 0 bridgehead atoms. The molecule has 1 aliphatic carbocycles. The van der Waals surface area contributed by atoms with Crippen LogP contribution < -0.4 is 16.8 Å². The van der Waals surface area contributed by atoms with E-state index in [2.05, 4.69) is 5.32 Å². The molecule has 6 heteroatoms. The lowest BCUT2D eigenvalue weighted by Gasteiger charge is -2.26. The maximum atomic E-state index is 11.1. The average molecular weight is 222 g/mol. The van der Waals surface area contributed by atoms with E-state index in [9.17, 15) is 9.59 Å². The van der Waals surface area contributed by atoms with Crippen molar-refractivity contribution in [2.24, 2.45) is 11.5 Å². The minimum atomic E-state index is -0.823. The highest BCUT2D eigenvalue weighted by Gasteiger charge is 2.40. The van der Waals surface area contributed by atoms with Gasteiger partial charge in [0, 0.05) is 0 Å². The minimum absolute atomic E-state index is 0. The molecule has 2 amide bonds. The number of primary amides is 1. The normalized spacial score (nSPS) is 18.4. The van der Waals surface area contributed by atoms with Crippen LogP contribution >= 0.6 is 12.4 Å². The highest BCUT2D eigenvalue weighted by atomic mass is 35.5. The van der Waals surface area contributed by atoms with Crippen LogP contribution in [0.15, 0.2) is 0 Å². The molecular formula is C8H16ClN3O2. The summed E-state index contributed by atoms with van der Waals surface area (Å²) in [7, 11) is 0. The first-order valence-electron chi connectivity index (χ1n) is 4.42. The monoisotopic (exact) mass is 221 g/mol. The first kappa shape index (κ1) is 13.2. The van der Waals surface area contributed by atoms with Gasteiger partial charge in [-0.2, -0.15) is 0 Å². The molecule has 0 unspecified atom stereocenters. The zero-order valence-corrected chi connectivity index (χ0v) is 8.73. The summed E-state index contributed by atoms with van der Waals surface area (Å²) in [5, 5.41) is 2.60. The Morgan fingerprint density at radius 1 is 1.29 bits per heavy atom. The number of rotatable bonds is 3. The Labute approximate surface area is 89.0 Å². The van der Waals surface area contributed by atoms with Crippen molar-refractivity contribution in [3.63, 3.8) is 0 Å². The van der Waals surface area contributed by atoms with Crippen LogP contribution in [-0.4, -0.2) is 23.9 Å². The van der Waals surface area contributed by atoms with Gasteiger partial charge in [-0.3, -0.25) is 9.59 Å². The van der Waals surface area contributed by atoms with E-state index in [-0.39, 0.29) is 24.9 Å². The fourth-order valence-corrected chi connectivity index (χ4v) is 1.73. The van der Waals surface area contributed by atoms with Gasteiger partial charge < -0.3 is 16.8 Å². The Bertz CT molecular complexity index is 227. The highest BCUT2D eigenvalue weighted by Crippen LogP contribution is 2.29. The first-order chi connectivity index (χ1) is 6.10. The third-order valence-corrected chi connectivity index (χ3v) is 2.49. The minimum Gasteiger partial charge on any atom is -0.368 e.